The minimum Gasteiger partial charge on any atom is -0.497 e. The number of aryl methyl sites for hydroxylation is 1. The summed E-state index contributed by atoms with van der Waals surface area (Å²) in [5, 5.41) is 8.57. The van der Waals surface area contributed by atoms with E-state index in [0.717, 1.165) is 29.9 Å². The zero-order chi connectivity index (χ0) is 19.4. The van der Waals surface area contributed by atoms with Crippen molar-refractivity contribution in [3.8, 4) is 5.75 Å². The molecule has 1 aromatic heterocycles. The van der Waals surface area contributed by atoms with E-state index in [4.69, 9.17) is 17.0 Å². The highest BCUT2D eigenvalue weighted by Gasteiger charge is 2.10. The number of benzene rings is 2. The van der Waals surface area contributed by atoms with Crippen LogP contribution in [-0.4, -0.2) is 23.8 Å². The zero-order valence-corrected chi connectivity index (χ0v) is 17.2. The van der Waals surface area contributed by atoms with Gasteiger partial charge in [-0.15, -0.1) is 0 Å². The molecule has 1 heterocycles. The third kappa shape index (κ3) is 4.42. The van der Waals surface area contributed by atoms with Gasteiger partial charge in [0.25, 0.3) is 0 Å². The van der Waals surface area contributed by atoms with E-state index in [0.29, 0.717) is 11.0 Å². The van der Waals surface area contributed by atoms with Gasteiger partial charge in [-0.1, -0.05) is 32.0 Å². The number of thiocarbonyl (C=S) groups is 1. The van der Waals surface area contributed by atoms with Crippen molar-refractivity contribution in [3.63, 3.8) is 0 Å². The summed E-state index contributed by atoms with van der Waals surface area (Å²) in [6, 6.07) is 12.4. The Bertz CT molecular complexity index is 946. The number of anilines is 1. The Morgan fingerprint density at radius 1 is 1.22 bits per heavy atom. The summed E-state index contributed by atoms with van der Waals surface area (Å²) in [5.74, 6) is 1.31. The standard InChI is InChI=1S/C22H27N3OS/c1-14(2)18-7-5-6-15(3)21(18)25-22(27)23-11-10-16-13-24-20-9-8-17(26-4)12-19(16)20/h5-9,12-14,24H,10-11H2,1-4H3,(H2,23,25,27). The van der Waals surface area contributed by atoms with Crippen LogP contribution in [0.2, 0.25) is 0 Å². The molecule has 0 unspecified atom stereocenters. The molecule has 2 aromatic carbocycles. The van der Waals surface area contributed by atoms with E-state index in [1.54, 1.807) is 7.11 Å². The van der Waals surface area contributed by atoms with Gasteiger partial charge in [0, 0.05) is 29.3 Å². The smallest absolute Gasteiger partial charge is 0.170 e. The molecule has 0 fully saturated rings. The highest BCUT2D eigenvalue weighted by molar-refractivity contribution is 7.80. The summed E-state index contributed by atoms with van der Waals surface area (Å²) in [4.78, 5) is 3.31. The molecule has 27 heavy (non-hydrogen) atoms. The maximum atomic E-state index is 5.52. The molecule has 0 aliphatic carbocycles. The first-order valence-corrected chi connectivity index (χ1v) is 9.68. The summed E-state index contributed by atoms with van der Waals surface area (Å²) in [5.41, 5.74) is 5.96. The lowest BCUT2D eigenvalue weighted by molar-refractivity contribution is 0.415. The van der Waals surface area contributed by atoms with E-state index < -0.39 is 0 Å². The molecular weight excluding hydrogens is 354 g/mol. The Hall–Kier alpha value is -2.53. The molecule has 0 bridgehead atoms. The predicted octanol–water partition coefficient (Wildman–Crippen LogP) is 5.14. The average Bonchev–Trinajstić information content (AvgIpc) is 3.05. The van der Waals surface area contributed by atoms with E-state index >= 15 is 0 Å². The molecular formula is C22H27N3OS. The first kappa shape index (κ1) is 19.2. The number of ether oxygens (including phenoxy) is 1. The summed E-state index contributed by atoms with van der Waals surface area (Å²) >= 11 is 5.52. The molecule has 0 saturated heterocycles. The van der Waals surface area contributed by atoms with Gasteiger partial charge in [0.2, 0.25) is 0 Å². The minimum absolute atomic E-state index is 0.441. The van der Waals surface area contributed by atoms with Gasteiger partial charge in [-0.2, -0.15) is 0 Å². The molecule has 3 aromatic rings. The van der Waals surface area contributed by atoms with E-state index in [-0.39, 0.29) is 0 Å². The molecule has 3 N–H and O–H groups in total. The second kappa shape index (κ2) is 8.44. The lowest BCUT2D eigenvalue weighted by Gasteiger charge is -2.18. The Balaban J connectivity index is 1.63. The van der Waals surface area contributed by atoms with Crippen LogP contribution in [0, 0.1) is 6.92 Å². The number of nitrogens with one attached hydrogen (secondary N) is 3. The molecule has 142 valence electrons. The third-order valence-corrected chi connectivity index (χ3v) is 5.07. The highest BCUT2D eigenvalue weighted by Crippen LogP contribution is 2.27. The lowest BCUT2D eigenvalue weighted by atomic mass is 9.98. The molecule has 4 nitrogen and oxygen atoms in total. The number of fused-ring (bicyclic) bond motifs is 1. The van der Waals surface area contributed by atoms with Crippen LogP contribution in [-0.2, 0) is 6.42 Å². The Morgan fingerprint density at radius 2 is 2.04 bits per heavy atom. The molecule has 0 aliphatic rings. The second-order valence-corrected chi connectivity index (χ2v) is 7.46. The maximum Gasteiger partial charge on any atom is 0.170 e. The SMILES string of the molecule is COc1ccc2[nH]cc(CCNC(=S)Nc3c(C)cccc3C(C)C)c2c1. The molecule has 0 aliphatic heterocycles. The molecule has 5 heteroatoms. The number of rotatable bonds is 6. The third-order valence-electron chi connectivity index (χ3n) is 4.82. The fourth-order valence-electron chi connectivity index (χ4n) is 3.30. The van der Waals surface area contributed by atoms with Crippen molar-refractivity contribution < 1.29 is 4.74 Å². The highest BCUT2D eigenvalue weighted by atomic mass is 32.1. The molecule has 0 saturated carbocycles. The van der Waals surface area contributed by atoms with Crippen LogP contribution in [0.25, 0.3) is 10.9 Å². The normalized spacial score (nSPS) is 11.0. The number of aromatic amines is 1. The van der Waals surface area contributed by atoms with Crippen molar-refractivity contribution in [2.24, 2.45) is 0 Å². The Morgan fingerprint density at radius 3 is 2.78 bits per heavy atom. The summed E-state index contributed by atoms with van der Waals surface area (Å²) in [7, 11) is 1.69. The molecule has 0 amide bonds. The van der Waals surface area contributed by atoms with Crippen molar-refractivity contribution in [1.82, 2.24) is 10.3 Å². The minimum atomic E-state index is 0.441. The maximum absolute atomic E-state index is 5.52. The largest absolute Gasteiger partial charge is 0.497 e. The Kier molecular flexibility index (Phi) is 6.01. The van der Waals surface area contributed by atoms with Crippen LogP contribution in [0.5, 0.6) is 5.75 Å². The first-order chi connectivity index (χ1) is 13.0. The van der Waals surface area contributed by atoms with Crippen LogP contribution in [0.1, 0.15) is 36.5 Å². The second-order valence-electron chi connectivity index (χ2n) is 7.05. The summed E-state index contributed by atoms with van der Waals surface area (Å²) in [6.45, 7) is 7.26. The van der Waals surface area contributed by atoms with Crippen LogP contribution >= 0.6 is 12.2 Å². The summed E-state index contributed by atoms with van der Waals surface area (Å²) < 4.78 is 5.34. The van der Waals surface area contributed by atoms with Crippen molar-refractivity contribution >= 4 is 33.9 Å². The van der Waals surface area contributed by atoms with Crippen molar-refractivity contribution in [1.29, 1.82) is 0 Å². The number of hydrogen-bond acceptors (Lipinski definition) is 2. The fraction of sp³-hybridized carbons (Fsp3) is 0.318. The fourth-order valence-corrected chi connectivity index (χ4v) is 3.51. The number of methoxy groups -OCH3 is 1. The van der Waals surface area contributed by atoms with Crippen LogP contribution in [0.4, 0.5) is 5.69 Å². The Labute approximate surface area is 166 Å². The van der Waals surface area contributed by atoms with E-state index in [9.17, 15) is 0 Å². The lowest BCUT2D eigenvalue weighted by Crippen LogP contribution is -2.30. The molecule has 0 radical (unpaired) electrons. The van der Waals surface area contributed by atoms with Gasteiger partial charge in [-0.3, -0.25) is 0 Å². The van der Waals surface area contributed by atoms with Gasteiger partial charge in [0.05, 0.1) is 7.11 Å². The van der Waals surface area contributed by atoms with Gasteiger partial charge in [0.1, 0.15) is 5.75 Å². The zero-order valence-electron chi connectivity index (χ0n) is 16.3. The van der Waals surface area contributed by atoms with Crippen LogP contribution < -0.4 is 15.4 Å². The van der Waals surface area contributed by atoms with E-state index in [2.05, 4.69) is 66.9 Å². The van der Waals surface area contributed by atoms with Gasteiger partial charge in [-0.25, -0.2) is 0 Å². The van der Waals surface area contributed by atoms with E-state index in [1.807, 2.05) is 12.1 Å². The number of H-pyrrole nitrogens is 1. The van der Waals surface area contributed by atoms with Crippen LogP contribution in [0.15, 0.2) is 42.6 Å². The predicted molar refractivity (Wildman–Crippen MR) is 118 cm³/mol. The van der Waals surface area contributed by atoms with Crippen LogP contribution in [0.3, 0.4) is 0 Å². The first-order valence-electron chi connectivity index (χ1n) is 9.28. The molecule has 0 spiro atoms. The molecule has 0 atom stereocenters. The van der Waals surface area contributed by atoms with Gasteiger partial charge in [0.15, 0.2) is 5.11 Å². The van der Waals surface area contributed by atoms with Gasteiger partial charge in [-0.05, 0) is 66.4 Å². The van der Waals surface area contributed by atoms with Gasteiger partial charge >= 0.3 is 0 Å². The van der Waals surface area contributed by atoms with Crippen molar-refractivity contribution in [3.05, 3.63) is 59.3 Å². The van der Waals surface area contributed by atoms with Gasteiger partial charge < -0.3 is 20.4 Å². The topological polar surface area (TPSA) is 49.1 Å². The average molecular weight is 382 g/mol. The van der Waals surface area contributed by atoms with E-state index in [1.165, 1.54) is 22.1 Å². The monoisotopic (exact) mass is 381 g/mol. The van der Waals surface area contributed by atoms with Crippen molar-refractivity contribution in [2.45, 2.75) is 33.1 Å². The number of hydrogen-bond donors (Lipinski definition) is 3. The molecule has 3 rings (SSSR count). The quantitative estimate of drug-likeness (QED) is 0.518. The number of aromatic nitrogens is 1. The summed E-state index contributed by atoms with van der Waals surface area (Å²) in [6.07, 6.45) is 2.93. The number of para-hydroxylation sites is 1. The van der Waals surface area contributed by atoms with Crippen molar-refractivity contribution in [2.75, 3.05) is 19.0 Å².